The molecule has 1 N–H and O–H groups in total. The molecule has 3 heteroatoms. The first-order valence-electron chi connectivity index (χ1n) is 2.43. The third kappa shape index (κ3) is 1.26. The molecule has 0 amide bonds. The van der Waals surface area contributed by atoms with E-state index in [4.69, 9.17) is 0 Å². The zero-order valence-electron chi connectivity index (χ0n) is 4.72. The second kappa shape index (κ2) is 2.77. The van der Waals surface area contributed by atoms with Gasteiger partial charge in [0.1, 0.15) is 0 Å². The van der Waals surface area contributed by atoms with Gasteiger partial charge in [0.15, 0.2) is 5.17 Å². The quantitative estimate of drug-likeness (QED) is 0.522. The van der Waals surface area contributed by atoms with Gasteiger partial charge in [-0.25, -0.2) is 0 Å². The van der Waals surface area contributed by atoms with Crippen LogP contribution >= 0.6 is 11.8 Å². The van der Waals surface area contributed by atoms with E-state index in [0.717, 1.165) is 11.7 Å². The Labute approximate surface area is 53.1 Å². The van der Waals surface area contributed by atoms with E-state index in [1.165, 1.54) is 0 Å². The maximum absolute atomic E-state index is 4.13. The predicted molar refractivity (Wildman–Crippen MR) is 38.1 cm³/mol. The van der Waals surface area contributed by atoms with E-state index in [-0.39, 0.29) is 0 Å². The zero-order valence-corrected chi connectivity index (χ0v) is 5.53. The summed E-state index contributed by atoms with van der Waals surface area (Å²) in [6, 6.07) is 0. The molecular formula is C5H8N2S. The highest BCUT2D eigenvalue weighted by Gasteiger charge is 1.93. The Balaban J connectivity index is 2.43. The van der Waals surface area contributed by atoms with Crippen molar-refractivity contribution < 1.29 is 0 Å². The number of nitrogens with one attached hydrogen (secondary N) is 1. The molecule has 0 spiro atoms. The van der Waals surface area contributed by atoms with Crippen molar-refractivity contribution in [3.8, 4) is 0 Å². The highest BCUT2D eigenvalue weighted by Crippen LogP contribution is 1.97. The molecule has 0 saturated carbocycles. The fourth-order valence-corrected chi connectivity index (χ4v) is 0.877. The smallest absolute Gasteiger partial charge is 0.160 e. The molecule has 8 heavy (non-hydrogen) atoms. The fraction of sp³-hybridized carbons (Fsp3) is 0.400. The summed E-state index contributed by atoms with van der Waals surface area (Å²) in [5.74, 6) is 0. The minimum absolute atomic E-state index is 0.823. The molecule has 1 aliphatic rings. The summed E-state index contributed by atoms with van der Waals surface area (Å²) in [7, 11) is 0. The van der Waals surface area contributed by atoms with Crippen LogP contribution in [0, 0.1) is 0 Å². The lowest BCUT2D eigenvalue weighted by Gasteiger charge is -2.04. The summed E-state index contributed by atoms with van der Waals surface area (Å²) in [6.45, 7) is 0.823. The van der Waals surface area contributed by atoms with E-state index in [1.807, 2.05) is 18.5 Å². The highest BCUT2D eigenvalue weighted by molar-refractivity contribution is 8.13. The van der Waals surface area contributed by atoms with Crippen molar-refractivity contribution in [2.75, 3.05) is 12.8 Å². The van der Waals surface area contributed by atoms with Crippen LogP contribution in [0.1, 0.15) is 0 Å². The molecule has 0 aromatic rings. The van der Waals surface area contributed by atoms with Gasteiger partial charge in [-0.15, -0.1) is 0 Å². The lowest BCUT2D eigenvalue weighted by atomic mass is 10.6. The van der Waals surface area contributed by atoms with Gasteiger partial charge in [-0.05, 0) is 12.3 Å². The van der Waals surface area contributed by atoms with Crippen molar-refractivity contribution in [1.82, 2.24) is 5.32 Å². The molecule has 2 nitrogen and oxygen atoms in total. The third-order valence-electron chi connectivity index (χ3n) is 0.858. The Kier molecular flexibility index (Phi) is 1.97. The highest BCUT2D eigenvalue weighted by atomic mass is 32.2. The molecule has 0 saturated heterocycles. The lowest BCUT2D eigenvalue weighted by Crippen LogP contribution is -2.16. The van der Waals surface area contributed by atoms with Gasteiger partial charge in [0.25, 0.3) is 0 Å². The summed E-state index contributed by atoms with van der Waals surface area (Å²) in [5, 5.41) is 4.01. The molecule has 1 heterocycles. The number of amidine groups is 1. The molecule has 0 aromatic heterocycles. The van der Waals surface area contributed by atoms with Crippen molar-refractivity contribution in [1.29, 1.82) is 0 Å². The first kappa shape index (κ1) is 5.69. The number of rotatable bonds is 0. The Morgan fingerprint density at radius 1 is 1.88 bits per heavy atom. The monoisotopic (exact) mass is 128 g/mol. The van der Waals surface area contributed by atoms with Gasteiger partial charge in [-0.2, -0.15) is 0 Å². The molecule has 0 aromatic carbocycles. The number of hydrogen-bond acceptors (Lipinski definition) is 3. The average molecular weight is 128 g/mol. The van der Waals surface area contributed by atoms with Gasteiger partial charge in [0, 0.05) is 6.20 Å². The number of thioether (sulfide) groups is 1. The summed E-state index contributed by atoms with van der Waals surface area (Å²) < 4.78 is 0. The Morgan fingerprint density at radius 2 is 2.75 bits per heavy atom. The van der Waals surface area contributed by atoms with E-state index >= 15 is 0 Å². The number of nitrogens with zero attached hydrogens (tertiary/aromatic N) is 1. The van der Waals surface area contributed by atoms with Gasteiger partial charge in [-0.1, -0.05) is 11.8 Å². The Bertz CT molecular complexity index is 128. The van der Waals surface area contributed by atoms with Crippen LogP contribution < -0.4 is 5.32 Å². The van der Waals surface area contributed by atoms with Crippen molar-refractivity contribution in [2.24, 2.45) is 4.99 Å². The topological polar surface area (TPSA) is 24.4 Å². The van der Waals surface area contributed by atoms with E-state index in [9.17, 15) is 0 Å². The van der Waals surface area contributed by atoms with E-state index in [2.05, 4.69) is 10.3 Å². The van der Waals surface area contributed by atoms with Gasteiger partial charge < -0.3 is 5.32 Å². The molecule has 0 radical (unpaired) electrons. The van der Waals surface area contributed by atoms with Crippen LogP contribution in [0.2, 0.25) is 0 Å². The maximum atomic E-state index is 4.13. The van der Waals surface area contributed by atoms with Gasteiger partial charge in [-0.3, -0.25) is 4.99 Å². The van der Waals surface area contributed by atoms with Crippen LogP contribution in [0.15, 0.2) is 17.3 Å². The fourth-order valence-electron chi connectivity index (χ4n) is 0.488. The second-order valence-corrected chi connectivity index (χ2v) is 2.19. The van der Waals surface area contributed by atoms with E-state index < -0.39 is 0 Å². The first-order chi connectivity index (χ1) is 3.93. The molecule has 1 aliphatic heterocycles. The summed E-state index contributed by atoms with van der Waals surface area (Å²) in [4.78, 5) is 4.13. The van der Waals surface area contributed by atoms with Gasteiger partial charge in [0.05, 0.1) is 6.54 Å². The third-order valence-corrected chi connectivity index (χ3v) is 1.49. The van der Waals surface area contributed by atoms with Crippen LogP contribution in [-0.2, 0) is 0 Å². The SMILES string of the molecule is CSC1=NCC=CN1. The minimum atomic E-state index is 0.823. The molecule has 0 bridgehead atoms. The molecule has 0 unspecified atom stereocenters. The Morgan fingerprint density at radius 3 is 3.12 bits per heavy atom. The van der Waals surface area contributed by atoms with Gasteiger partial charge >= 0.3 is 0 Å². The predicted octanol–water partition coefficient (Wildman–Crippen LogP) is 0.822. The number of aliphatic imine (C=N–C) groups is 1. The minimum Gasteiger partial charge on any atom is -0.342 e. The van der Waals surface area contributed by atoms with Crippen molar-refractivity contribution in [3.63, 3.8) is 0 Å². The molecular weight excluding hydrogens is 120 g/mol. The van der Waals surface area contributed by atoms with Crippen LogP contribution in [-0.4, -0.2) is 18.0 Å². The van der Waals surface area contributed by atoms with Crippen LogP contribution in [0.5, 0.6) is 0 Å². The molecule has 1 rings (SSSR count). The average Bonchev–Trinajstić information content (AvgIpc) is 1.90. The first-order valence-corrected chi connectivity index (χ1v) is 3.66. The van der Waals surface area contributed by atoms with Crippen LogP contribution in [0.3, 0.4) is 0 Å². The van der Waals surface area contributed by atoms with Crippen LogP contribution in [0.4, 0.5) is 0 Å². The molecule has 0 fully saturated rings. The van der Waals surface area contributed by atoms with Crippen molar-refractivity contribution >= 4 is 16.9 Å². The Hall–Kier alpha value is -0.440. The second-order valence-electron chi connectivity index (χ2n) is 1.40. The normalized spacial score (nSPS) is 17.4. The lowest BCUT2D eigenvalue weighted by molar-refractivity contribution is 1.13. The number of hydrogen-bond donors (Lipinski definition) is 1. The maximum Gasteiger partial charge on any atom is 0.160 e. The van der Waals surface area contributed by atoms with E-state index in [0.29, 0.717) is 0 Å². The molecule has 0 aliphatic carbocycles. The van der Waals surface area contributed by atoms with Crippen LogP contribution in [0.25, 0.3) is 0 Å². The largest absolute Gasteiger partial charge is 0.342 e. The standard InChI is InChI=1S/C5H8N2S/c1-8-5-6-3-2-4-7-5/h2-3H,4H2,1H3,(H,6,7). The zero-order chi connectivity index (χ0) is 5.82. The van der Waals surface area contributed by atoms with Crippen molar-refractivity contribution in [2.45, 2.75) is 0 Å². The van der Waals surface area contributed by atoms with Gasteiger partial charge in [0.2, 0.25) is 0 Å². The van der Waals surface area contributed by atoms with E-state index in [1.54, 1.807) is 11.8 Å². The molecule has 44 valence electrons. The summed E-state index contributed by atoms with van der Waals surface area (Å²) >= 11 is 1.63. The summed E-state index contributed by atoms with van der Waals surface area (Å²) in [5.41, 5.74) is 0. The molecule has 0 atom stereocenters. The summed E-state index contributed by atoms with van der Waals surface area (Å²) in [6.07, 6.45) is 5.91. The van der Waals surface area contributed by atoms with Crippen molar-refractivity contribution in [3.05, 3.63) is 12.3 Å².